The molecule has 0 aliphatic carbocycles. The van der Waals surface area contributed by atoms with E-state index in [1.54, 1.807) is 12.1 Å². The van der Waals surface area contributed by atoms with Gasteiger partial charge in [0.05, 0.1) is 22.5 Å². The molecular formula is C21H18N4O. The summed E-state index contributed by atoms with van der Waals surface area (Å²) in [7, 11) is 0. The zero-order chi connectivity index (χ0) is 17.7. The maximum absolute atomic E-state index is 9.81. The van der Waals surface area contributed by atoms with Gasteiger partial charge in [-0.1, -0.05) is 12.1 Å². The third-order valence-corrected chi connectivity index (χ3v) is 5.01. The molecule has 4 heterocycles. The van der Waals surface area contributed by atoms with Gasteiger partial charge in [-0.15, -0.1) is 0 Å². The number of nitrogens with zero attached hydrogens (tertiary/aromatic N) is 4. The van der Waals surface area contributed by atoms with Gasteiger partial charge in [-0.2, -0.15) is 5.10 Å². The molecule has 4 aromatic rings. The molecule has 5 rings (SSSR count). The van der Waals surface area contributed by atoms with E-state index < -0.39 is 0 Å². The molecular weight excluding hydrogens is 324 g/mol. The Morgan fingerprint density at radius 1 is 1.08 bits per heavy atom. The van der Waals surface area contributed by atoms with Gasteiger partial charge in [0.1, 0.15) is 11.4 Å². The number of phenols is 1. The molecule has 5 heteroatoms. The van der Waals surface area contributed by atoms with Crippen LogP contribution < -0.4 is 0 Å². The van der Waals surface area contributed by atoms with Crippen LogP contribution in [-0.4, -0.2) is 24.9 Å². The monoisotopic (exact) mass is 342 g/mol. The fraction of sp³-hybridized carbons (Fsp3) is 0.190. The lowest BCUT2D eigenvalue weighted by Gasteiger charge is -2.08. The van der Waals surface area contributed by atoms with Gasteiger partial charge in [0.15, 0.2) is 0 Å². The molecule has 26 heavy (non-hydrogen) atoms. The molecule has 1 aliphatic rings. The summed E-state index contributed by atoms with van der Waals surface area (Å²) in [6, 6.07) is 13.4. The second-order valence-electron chi connectivity index (χ2n) is 6.74. The average Bonchev–Trinajstić information content (AvgIpc) is 3.22. The van der Waals surface area contributed by atoms with Crippen molar-refractivity contribution in [2.75, 3.05) is 0 Å². The van der Waals surface area contributed by atoms with Gasteiger partial charge in [0, 0.05) is 29.9 Å². The Balaban J connectivity index is 1.78. The van der Waals surface area contributed by atoms with Crippen LogP contribution in [0.2, 0.25) is 0 Å². The first kappa shape index (κ1) is 15.1. The Bertz CT molecular complexity index is 1150. The van der Waals surface area contributed by atoms with Crippen molar-refractivity contribution in [3.63, 3.8) is 0 Å². The number of aromatic nitrogens is 4. The Hall–Kier alpha value is -3.21. The normalized spacial score (nSPS) is 13.3. The lowest BCUT2D eigenvalue weighted by Crippen LogP contribution is -1.95. The lowest BCUT2D eigenvalue weighted by molar-refractivity contribution is 0.476. The largest absolute Gasteiger partial charge is 0.508 e. The Kier molecular flexibility index (Phi) is 3.28. The highest BCUT2D eigenvalue weighted by atomic mass is 16.3. The number of hydrogen-bond donors (Lipinski definition) is 1. The zero-order valence-corrected chi connectivity index (χ0v) is 14.5. The van der Waals surface area contributed by atoms with E-state index in [1.807, 2.05) is 30.5 Å². The van der Waals surface area contributed by atoms with Crippen molar-refractivity contribution in [1.29, 1.82) is 0 Å². The fourth-order valence-electron chi connectivity index (χ4n) is 3.75. The zero-order valence-electron chi connectivity index (χ0n) is 14.5. The number of hydrogen-bond acceptors (Lipinski definition) is 4. The highest BCUT2D eigenvalue weighted by Gasteiger charge is 2.26. The first-order chi connectivity index (χ1) is 12.7. The molecule has 0 radical (unpaired) electrons. The second kappa shape index (κ2) is 5.66. The van der Waals surface area contributed by atoms with Crippen LogP contribution in [0.5, 0.6) is 5.75 Å². The average molecular weight is 342 g/mol. The second-order valence-corrected chi connectivity index (χ2v) is 6.74. The predicted octanol–water partition coefficient (Wildman–Crippen LogP) is 4.12. The summed E-state index contributed by atoms with van der Waals surface area (Å²) in [6.45, 7) is 2.99. The van der Waals surface area contributed by atoms with Crippen LogP contribution in [0.4, 0.5) is 0 Å². The first-order valence-corrected chi connectivity index (χ1v) is 8.82. The Labute approximate surface area is 151 Å². The summed E-state index contributed by atoms with van der Waals surface area (Å²) < 4.78 is 2.09. The third kappa shape index (κ3) is 2.28. The smallest absolute Gasteiger partial charge is 0.121 e. The van der Waals surface area contributed by atoms with Gasteiger partial charge in [-0.3, -0.25) is 9.67 Å². The van der Waals surface area contributed by atoms with Gasteiger partial charge < -0.3 is 5.11 Å². The number of phenolic OH excluding ortho intramolecular Hbond substituents is 1. The van der Waals surface area contributed by atoms with E-state index in [0.717, 1.165) is 58.5 Å². The summed E-state index contributed by atoms with van der Waals surface area (Å²) in [5.41, 5.74) is 6.85. The SMILES string of the molecule is Cc1cccnc1-c1nn2c(c1-c1ccc3ccc(O)cc3n1)CCC2. The third-order valence-electron chi connectivity index (χ3n) is 5.01. The molecule has 0 amide bonds. The van der Waals surface area contributed by atoms with Crippen molar-refractivity contribution < 1.29 is 5.11 Å². The number of aryl methyl sites for hydroxylation is 2. The summed E-state index contributed by atoms with van der Waals surface area (Å²) >= 11 is 0. The minimum atomic E-state index is 0.225. The van der Waals surface area contributed by atoms with Crippen LogP contribution in [-0.2, 0) is 13.0 Å². The number of aromatic hydroxyl groups is 1. The molecule has 0 bridgehead atoms. The quantitative estimate of drug-likeness (QED) is 0.595. The first-order valence-electron chi connectivity index (χ1n) is 8.82. The van der Waals surface area contributed by atoms with Crippen molar-refractivity contribution in [2.24, 2.45) is 0 Å². The van der Waals surface area contributed by atoms with E-state index in [2.05, 4.69) is 22.7 Å². The molecule has 0 saturated carbocycles. The molecule has 5 nitrogen and oxygen atoms in total. The van der Waals surface area contributed by atoms with Crippen LogP contribution in [0, 0.1) is 6.92 Å². The van der Waals surface area contributed by atoms with Crippen LogP contribution in [0.3, 0.4) is 0 Å². The molecule has 128 valence electrons. The standard InChI is InChI=1S/C21H18N4O/c1-13-4-2-10-22-20(13)21-19(18-5-3-11-25(18)24-21)16-9-7-14-6-8-15(26)12-17(14)23-16/h2,4,6-10,12,26H,3,5,11H2,1H3. The van der Waals surface area contributed by atoms with Gasteiger partial charge in [-0.25, -0.2) is 4.98 Å². The molecule has 0 fully saturated rings. The van der Waals surface area contributed by atoms with E-state index in [9.17, 15) is 5.11 Å². The summed E-state index contributed by atoms with van der Waals surface area (Å²) in [4.78, 5) is 9.41. The van der Waals surface area contributed by atoms with Gasteiger partial charge in [0.25, 0.3) is 0 Å². The molecule has 0 saturated heterocycles. The lowest BCUT2D eigenvalue weighted by atomic mass is 10.0. The van der Waals surface area contributed by atoms with Crippen molar-refractivity contribution in [1.82, 2.24) is 19.7 Å². The number of rotatable bonds is 2. The maximum atomic E-state index is 9.81. The number of fused-ring (bicyclic) bond motifs is 2. The minimum Gasteiger partial charge on any atom is -0.508 e. The number of benzene rings is 1. The summed E-state index contributed by atoms with van der Waals surface area (Å²) in [6.07, 6.45) is 3.90. The molecule has 0 atom stereocenters. The summed E-state index contributed by atoms with van der Waals surface area (Å²) in [5, 5.41) is 15.7. The minimum absolute atomic E-state index is 0.225. The highest BCUT2D eigenvalue weighted by Crippen LogP contribution is 2.37. The predicted molar refractivity (Wildman–Crippen MR) is 101 cm³/mol. The van der Waals surface area contributed by atoms with E-state index in [4.69, 9.17) is 10.1 Å². The van der Waals surface area contributed by atoms with Gasteiger partial charge in [-0.05, 0) is 49.6 Å². The van der Waals surface area contributed by atoms with Crippen molar-refractivity contribution in [3.05, 3.63) is 59.9 Å². The molecule has 0 spiro atoms. The van der Waals surface area contributed by atoms with E-state index >= 15 is 0 Å². The van der Waals surface area contributed by atoms with E-state index in [0.29, 0.717) is 0 Å². The Morgan fingerprint density at radius 3 is 2.85 bits per heavy atom. The van der Waals surface area contributed by atoms with Gasteiger partial charge in [0.2, 0.25) is 0 Å². The van der Waals surface area contributed by atoms with Crippen LogP contribution in [0.15, 0.2) is 48.7 Å². The van der Waals surface area contributed by atoms with E-state index in [-0.39, 0.29) is 5.75 Å². The van der Waals surface area contributed by atoms with Crippen molar-refractivity contribution in [3.8, 4) is 28.4 Å². The number of pyridine rings is 2. The Morgan fingerprint density at radius 2 is 1.96 bits per heavy atom. The van der Waals surface area contributed by atoms with Crippen LogP contribution in [0.1, 0.15) is 17.7 Å². The topological polar surface area (TPSA) is 63.8 Å². The maximum Gasteiger partial charge on any atom is 0.121 e. The van der Waals surface area contributed by atoms with Gasteiger partial charge >= 0.3 is 0 Å². The molecule has 0 unspecified atom stereocenters. The van der Waals surface area contributed by atoms with Crippen LogP contribution in [0.25, 0.3) is 33.5 Å². The van der Waals surface area contributed by atoms with Crippen LogP contribution >= 0.6 is 0 Å². The van der Waals surface area contributed by atoms with Crippen molar-refractivity contribution >= 4 is 10.9 Å². The van der Waals surface area contributed by atoms with E-state index in [1.165, 1.54) is 5.69 Å². The molecule has 1 N–H and O–H groups in total. The molecule has 1 aliphatic heterocycles. The summed E-state index contributed by atoms with van der Waals surface area (Å²) in [5.74, 6) is 0.225. The molecule has 3 aromatic heterocycles. The fourth-order valence-corrected chi connectivity index (χ4v) is 3.75. The molecule has 1 aromatic carbocycles. The highest BCUT2D eigenvalue weighted by molar-refractivity contribution is 5.87. The van der Waals surface area contributed by atoms with Crippen molar-refractivity contribution in [2.45, 2.75) is 26.3 Å².